The fraction of sp³-hybridized carbons (Fsp3) is 0.154. The fourth-order valence-electron chi connectivity index (χ4n) is 1.43. The Bertz CT molecular complexity index is 582. The van der Waals surface area contributed by atoms with Gasteiger partial charge >= 0.3 is 0 Å². The molecule has 2 rings (SSSR count). The van der Waals surface area contributed by atoms with Crippen molar-refractivity contribution in [2.45, 2.75) is 0 Å². The summed E-state index contributed by atoms with van der Waals surface area (Å²) in [6, 6.07) is 10.3. The maximum Gasteiger partial charge on any atom is 0.0477 e. The molecule has 0 aliphatic carbocycles. The van der Waals surface area contributed by atoms with Crippen molar-refractivity contribution in [3.63, 3.8) is 0 Å². The van der Waals surface area contributed by atoms with Crippen molar-refractivity contribution in [2.24, 2.45) is 0 Å². The highest BCUT2D eigenvalue weighted by molar-refractivity contribution is 7.71. The number of hydrogen-bond donors (Lipinski definition) is 0. The van der Waals surface area contributed by atoms with Gasteiger partial charge in [0.1, 0.15) is 0 Å². The van der Waals surface area contributed by atoms with Crippen molar-refractivity contribution in [1.82, 2.24) is 4.90 Å². The third-order valence-electron chi connectivity index (χ3n) is 2.19. The molecule has 0 fully saturated rings. The van der Waals surface area contributed by atoms with Gasteiger partial charge in [-0.05, 0) is 24.4 Å². The van der Waals surface area contributed by atoms with E-state index in [2.05, 4.69) is 24.3 Å². The van der Waals surface area contributed by atoms with Crippen molar-refractivity contribution in [2.75, 3.05) is 14.1 Å². The van der Waals surface area contributed by atoms with Gasteiger partial charge in [0.15, 0.2) is 0 Å². The second kappa shape index (κ2) is 4.76. The van der Waals surface area contributed by atoms with Crippen molar-refractivity contribution in [3.8, 4) is 0 Å². The molecule has 0 saturated carbocycles. The molecule has 0 saturated heterocycles. The molecule has 1 aromatic heterocycles. The normalized spacial score (nSPS) is 11.1. The predicted octanol–water partition coefficient (Wildman–Crippen LogP) is 4.16. The summed E-state index contributed by atoms with van der Waals surface area (Å²) in [5.41, 5.74) is 0. The van der Waals surface area contributed by atoms with E-state index in [-0.39, 0.29) is 0 Å². The maximum absolute atomic E-state index is 5.38. The molecular weight excluding hydrogens is 234 g/mol. The van der Waals surface area contributed by atoms with Gasteiger partial charge in [0.05, 0.1) is 0 Å². The van der Waals surface area contributed by atoms with Crippen LogP contribution in [0.25, 0.3) is 16.2 Å². The predicted molar refractivity (Wildman–Crippen MR) is 75.4 cm³/mol. The Morgan fingerprint density at radius 1 is 1.25 bits per heavy atom. The second-order valence-corrected chi connectivity index (χ2v) is 5.34. The van der Waals surface area contributed by atoms with Crippen LogP contribution < -0.4 is 0 Å². The average molecular weight is 247 g/mol. The molecule has 2 aromatic rings. The summed E-state index contributed by atoms with van der Waals surface area (Å²) >= 11 is 7.14. The summed E-state index contributed by atoms with van der Waals surface area (Å²) in [6.07, 6.45) is 4.13. The van der Waals surface area contributed by atoms with Crippen LogP contribution in [0.3, 0.4) is 0 Å². The van der Waals surface area contributed by atoms with Crippen LogP contribution in [-0.2, 0) is 0 Å². The van der Waals surface area contributed by atoms with E-state index in [1.807, 2.05) is 37.3 Å². The summed E-state index contributed by atoms with van der Waals surface area (Å²) in [5.74, 6) is 0. The molecule has 0 N–H and O–H groups in total. The lowest BCUT2D eigenvalue weighted by Gasteiger charge is -2.03. The van der Waals surface area contributed by atoms with Gasteiger partial charge in [0.25, 0.3) is 0 Å². The first-order valence-electron chi connectivity index (χ1n) is 5.04. The Balaban J connectivity index is 2.54. The van der Waals surface area contributed by atoms with Crippen molar-refractivity contribution < 1.29 is 0 Å². The minimum absolute atomic E-state index is 0.924. The van der Waals surface area contributed by atoms with Gasteiger partial charge in [-0.2, -0.15) is 0 Å². The summed E-state index contributed by atoms with van der Waals surface area (Å²) in [6.45, 7) is 0. The lowest BCUT2D eigenvalue weighted by Crippen LogP contribution is -1.99. The van der Waals surface area contributed by atoms with E-state index in [1.54, 1.807) is 11.3 Å². The van der Waals surface area contributed by atoms with Crippen LogP contribution in [0.5, 0.6) is 0 Å². The van der Waals surface area contributed by atoms with Crippen LogP contribution in [0.15, 0.2) is 36.5 Å². The molecule has 82 valence electrons. The highest BCUT2D eigenvalue weighted by Crippen LogP contribution is 2.24. The SMILES string of the molecule is CN(C)/C=C/c1cc(=S)c2ccccc2s1. The lowest BCUT2D eigenvalue weighted by atomic mass is 10.2. The molecule has 0 bridgehead atoms. The molecule has 16 heavy (non-hydrogen) atoms. The summed E-state index contributed by atoms with van der Waals surface area (Å²) in [7, 11) is 4.02. The third-order valence-corrected chi connectivity index (χ3v) is 3.59. The Kier molecular flexibility index (Phi) is 3.36. The number of benzene rings is 1. The zero-order valence-corrected chi connectivity index (χ0v) is 10.9. The Hall–Kier alpha value is -1.19. The van der Waals surface area contributed by atoms with Gasteiger partial charge in [-0.25, -0.2) is 0 Å². The smallest absolute Gasteiger partial charge is 0.0477 e. The molecule has 3 heteroatoms. The van der Waals surface area contributed by atoms with Crippen LogP contribution in [0, 0.1) is 4.51 Å². The van der Waals surface area contributed by atoms with E-state index >= 15 is 0 Å². The maximum atomic E-state index is 5.38. The van der Waals surface area contributed by atoms with E-state index in [0.717, 1.165) is 4.51 Å². The summed E-state index contributed by atoms with van der Waals surface area (Å²) in [5, 5.41) is 1.17. The topological polar surface area (TPSA) is 3.24 Å². The van der Waals surface area contributed by atoms with Crippen molar-refractivity contribution in [3.05, 3.63) is 45.9 Å². The van der Waals surface area contributed by atoms with E-state index in [0.29, 0.717) is 0 Å². The van der Waals surface area contributed by atoms with Gasteiger partial charge < -0.3 is 4.90 Å². The molecule has 1 aromatic carbocycles. The molecule has 0 atom stereocenters. The molecule has 0 spiro atoms. The van der Waals surface area contributed by atoms with Gasteiger partial charge in [0.2, 0.25) is 0 Å². The Labute approximate surface area is 105 Å². The van der Waals surface area contributed by atoms with Crippen molar-refractivity contribution in [1.29, 1.82) is 0 Å². The monoisotopic (exact) mass is 247 g/mol. The van der Waals surface area contributed by atoms with E-state index in [4.69, 9.17) is 12.2 Å². The third kappa shape index (κ3) is 2.49. The standard InChI is InChI=1S/C13H13NS2/c1-14(2)8-7-10-9-12(15)11-5-3-4-6-13(11)16-10/h3-9H,1-2H3/b8-7+. The number of rotatable bonds is 2. The van der Waals surface area contributed by atoms with Crippen LogP contribution >= 0.6 is 23.6 Å². The van der Waals surface area contributed by atoms with Crippen molar-refractivity contribution >= 4 is 39.7 Å². The average Bonchev–Trinajstić information content (AvgIpc) is 2.26. The quantitative estimate of drug-likeness (QED) is 0.733. The lowest BCUT2D eigenvalue weighted by molar-refractivity contribution is 0.567. The van der Waals surface area contributed by atoms with Crippen LogP contribution in [0.4, 0.5) is 0 Å². The van der Waals surface area contributed by atoms with Crippen LogP contribution in [-0.4, -0.2) is 19.0 Å². The molecular formula is C13H13NS2. The van der Waals surface area contributed by atoms with Gasteiger partial charge in [0, 0.05) is 33.6 Å². The highest BCUT2D eigenvalue weighted by atomic mass is 32.1. The number of hydrogen-bond acceptors (Lipinski definition) is 3. The number of nitrogens with zero attached hydrogens (tertiary/aromatic N) is 1. The molecule has 0 amide bonds. The van der Waals surface area contributed by atoms with E-state index in [1.165, 1.54) is 15.0 Å². The minimum Gasteiger partial charge on any atom is -0.383 e. The first-order valence-corrected chi connectivity index (χ1v) is 6.27. The highest BCUT2D eigenvalue weighted by Gasteiger charge is 1.97. The molecule has 0 radical (unpaired) electrons. The first-order chi connectivity index (χ1) is 7.66. The Morgan fingerprint density at radius 3 is 2.75 bits per heavy atom. The van der Waals surface area contributed by atoms with Gasteiger partial charge in [-0.3, -0.25) is 0 Å². The van der Waals surface area contributed by atoms with Gasteiger partial charge in [-0.15, -0.1) is 11.3 Å². The van der Waals surface area contributed by atoms with Crippen LogP contribution in [0.2, 0.25) is 0 Å². The number of fused-ring (bicyclic) bond motifs is 1. The zero-order valence-electron chi connectivity index (χ0n) is 9.31. The minimum atomic E-state index is 0.924. The van der Waals surface area contributed by atoms with E-state index < -0.39 is 0 Å². The summed E-state index contributed by atoms with van der Waals surface area (Å²) < 4.78 is 2.17. The fourth-order valence-corrected chi connectivity index (χ4v) is 2.87. The largest absolute Gasteiger partial charge is 0.383 e. The molecule has 1 nitrogen and oxygen atoms in total. The van der Waals surface area contributed by atoms with E-state index in [9.17, 15) is 0 Å². The molecule has 0 aliphatic rings. The second-order valence-electron chi connectivity index (χ2n) is 3.79. The zero-order chi connectivity index (χ0) is 11.5. The molecule has 1 heterocycles. The molecule has 0 unspecified atom stereocenters. The van der Waals surface area contributed by atoms with Gasteiger partial charge in [-0.1, -0.05) is 30.4 Å². The van der Waals surface area contributed by atoms with Crippen LogP contribution in [0.1, 0.15) is 4.88 Å². The molecule has 0 aliphatic heterocycles. The summed E-state index contributed by atoms with van der Waals surface area (Å²) in [4.78, 5) is 3.21. The first kappa shape index (κ1) is 11.3. The Morgan fingerprint density at radius 2 is 2.00 bits per heavy atom.